The summed E-state index contributed by atoms with van der Waals surface area (Å²) >= 11 is 0.874. The fourth-order valence-corrected chi connectivity index (χ4v) is 2.35. The Balaban J connectivity index is 2.08. The van der Waals surface area contributed by atoms with Crippen molar-refractivity contribution in [3.63, 3.8) is 0 Å². The number of hydrogen-bond donors (Lipinski definition) is 2. The van der Waals surface area contributed by atoms with E-state index < -0.39 is 23.7 Å². The van der Waals surface area contributed by atoms with E-state index in [1.165, 1.54) is 6.07 Å². The highest BCUT2D eigenvalue weighted by molar-refractivity contribution is 7.99. The maximum atomic E-state index is 12.7. The Morgan fingerprint density at radius 3 is 2.70 bits per heavy atom. The topological polar surface area (TPSA) is 88.4 Å². The molecule has 0 radical (unpaired) electrons. The summed E-state index contributed by atoms with van der Waals surface area (Å²) in [5.74, 6) is -0.779. The van der Waals surface area contributed by atoms with Crippen LogP contribution in [0.15, 0.2) is 23.5 Å². The molecule has 0 aliphatic rings. The molecule has 124 valence electrons. The van der Waals surface area contributed by atoms with Crippen LogP contribution in [0.5, 0.6) is 0 Å². The second-order valence-electron chi connectivity index (χ2n) is 4.32. The summed E-state index contributed by atoms with van der Waals surface area (Å²) in [7, 11) is 0. The van der Waals surface area contributed by atoms with E-state index in [1.54, 1.807) is 6.92 Å². The minimum Gasteiger partial charge on any atom is -0.338 e. The van der Waals surface area contributed by atoms with E-state index in [2.05, 4.69) is 20.8 Å². The largest absolute Gasteiger partial charge is 0.417 e. The first-order chi connectivity index (χ1) is 10.8. The van der Waals surface area contributed by atoms with Crippen LogP contribution in [0.2, 0.25) is 0 Å². The van der Waals surface area contributed by atoms with Gasteiger partial charge in [-0.05, 0) is 19.1 Å². The zero-order chi connectivity index (χ0) is 17.0. The molecule has 2 heterocycles. The van der Waals surface area contributed by atoms with E-state index in [0.29, 0.717) is 6.54 Å². The number of carbonyl (C=O) groups is 2. The summed E-state index contributed by atoms with van der Waals surface area (Å²) in [6, 6.07) is 1.46. The van der Waals surface area contributed by atoms with Gasteiger partial charge in [-0.1, -0.05) is 11.8 Å². The Morgan fingerprint density at radius 1 is 1.30 bits per heavy atom. The quantitative estimate of drug-likeness (QED) is 0.822. The number of aromatic nitrogens is 3. The molecule has 2 rings (SSSR count). The smallest absolute Gasteiger partial charge is 0.338 e. The lowest BCUT2D eigenvalue weighted by Crippen LogP contribution is -2.40. The zero-order valence-electron chi connectivity index (χ0n) is 11.8. The third kappa shape index (κ3) is 4.34. The van der Waals surface area contributed by atoms with Crippen LogP contribution in [-0.4, -0.2) is 38.8 Å². The number of halogens is 3. The van der Waals surface area contributed by atoms with Crippen LogP contribution in [0.1, 0.15) is 12.5 Å². The molecule has 7 nitrogen and oxygen atoms in total. The first-order valence-electron chi connectivity index (χ1n) is 6.43. The Morgan fingerprint density at radius 2 is 2.04 bits per heavy atom. The average molecular weight is 347 g/mol. The molecule has 0 atom stereocenters. The lowest BCUT2D eigenvalue weighted by molar-refractivity contribution is -0.137. The van der Waals surface area contributed by atoms with E-state index in [4.69, 9.17) is 0 Å². The Labute approximate surface area is 132 Å². The minimum atomic E-state index is -4.49. The van der Waals surface area contributed by atoms with E-state index in [0.717, 1.165) is 28.4 Å². The van der Waals surface area contributed by atoms with E-state index in [9.17, 15) is 22.8 Å². The average Bonchev–Trinajstić information content (AvgIpc) is 2.86. The Hall–Kier alpha value is -2.30. The van der Waals surface area contributed by atoms with Crippen molar-refractivity contribution < 1.29 is 22.8 Å². The Kier molecular flexibility index (Phi) is 5.08. The molecule has 0 bridgehead atoms. The molecule has 2 aromatic heterocycles. The molecule has 0 saturated heterocycles. The summed E-state index contributed by atoms with van der Waals surface area (Å²) in [6.07, 6.45) is -3.63. The first kappa shape index (κ1) is 17.1. The van der Waals surface area contributed by atoms with Gasteiger partial charge in [0, 0.05) is 12.7 Å². The number of nitrogens with zero attached hydrogens (tertiary/aromatic N) is 3. The summed E-state index contributed by atoms with van der Waals surface area (Å²) in [5, 5.41) is 12.0. The van der Waals surface area contributed by atoms with Gasteiger partial charge < -0.3 is 5.32 Å². The fraction of sp³-hybridized carbons (Fsp3) is 0.333. The number of imide groups is 1. The number of rotatable bonds is 4. The third-order valence-electron chi connectivity index (χ3n) is 2.62. The van der Waals surface area contributed by atoms with Crippen LogP contribution in [0.25, 0.3) is 5.65 Å². The number of alkyl halides is 3. The van der Waals surface area contributed by atoms with Crippen molar-refractivity contribution >= 4 is 29.3 Å². The molecule has 0 aliphatic carbocycles. The van der Waals surface area contributed by atoms with Gasteiger partial charge in [-0.2, -0.15) is 13.2 Å². The number of carbonyl (C=O) groups excluding carboxylic acids is 2. The molecule has 11 heteroatoms. The molecular formula is C12H12F3N5O2S. The highest BCUT2D eigenvalue weighted by atomic mass is 32.2. The Bertz CT molecular complexity index is 731. The van der Waals surface area contributed by atoms with Crippen LogP contribution >= 0.6 is 11.8 Å². The van der Waals surface area contributed by atoms with Crippen LogP contribution in [0.4, 0.5) is 18.0 Å². The summed E-state index contributed by atoms with van der Waals surface area (Å²) in [5.41, 5.74) is -0.622. The highest BCUT2D eigenvalue weighted by Crippen LogP contribution is 2.30. The monoisotopic (exact) mass is 347 g/mol. The molecule has 3 amide bonds. The van der Waals surface area contributed by atoms with Gasteiger partial charge in [0.05, 0.1) is 11.3 Å². The van der Waals surface area contributed by atoms with Crippen molar-refractivity contribution in [2.75, 3.05) is 12.3 Å². The standard InChI is InChI=1S/C12H12F3N5O2S/c1-2-16-10(22)17-9(21)6-23-11-19-18-8-4-3-7(5-20(8)11)12(13,14)15/h3-5H,2,6H2,1H3,(H2,16,17,21,22). The normalized spacial score (nSPS) is 11.5. The number of thioether (sulfide) groups is 1. The van der Waals surface area contributed by atoms with Crippen molar-refractivity contribution in [3.05, 3.63) is 23.9 Å². The van der Waals surface area contributed by atoms with Crippen LogP contribution in [-0.2, 0) is 11.0 Å². The zero-order valence-corrected chi connectivity index (χ0v) is 12.7. The molecule has 0 aliphatic heterocycles. The van der Waals surface area contributed by atoms with Crippen LogP contribution < -0.4 is 10.6 Å². The van der Waals surface area contributed by atoms with Crippen molar-refractivity contribution in [1.82, 2.24) is 25.2 Å². The molecule has 23 heavy (non-hydrogen) atoms. The van der Waals surface area contributed by atoms with Crippen LogP contribution in [0.3, 0.4) is 0 Å². The van der Waals surface area contributed by atoms with Gasteiger partial charge in [0.15, 0.2) is 10.8 Å². The summed E-state index contributed by atoms with van der Waals surface area (Å²) < 4.78 is 39.3. The summed E-state index contributed by atoms with van der Waals surface area (Å²) in [4.78, 5) is 22.7. The van der Waals surface area contributed by atoms with Gasteiger partial charge in [-0.3, -0.25) is 14.5 Å². The molecule has 0 aromatic carbocycles. The van der Waals surface area contributed by atoms with Crippen molar-refractivity contribution in [3.8, 4) is 0 Å². The molecular weight excluding hydrogens is 335 g/mol. The minimum absolute atomic E-state index is 0.122. The fourth-order valence-electron chi connectivity index (χ4n) is 1.63. The van der Waals surface area contributed by atoms with Gasteiger partial charge in [-0.15, -0.1) is 10.2 Å². The lowest BCUT2D eigenvalue weighted by atomic mass is 10.3. The van der Waals surface area contributed by atoms with Gasteiger partial charge in [-0.25, -0.2) is 4.79 Å². The number of fused-ring (bicyclic) bond motifs is 1. The number of urea groups is 1. The third-order valence-corrected chi connectivity index (χ3v) is 3.56. The molecule has 0 saturated carbocycles. The van der Waals surface area contributed by atoms with E-state index in [-0.39, 0.29) is 16.6 Å². The van der Waals surface area contributed by atoms with E-state index >= 15 is 0 Å². The van der Waals surface area contributed by atoms with Crippen molar-refractivity contribution in [2.24, 2.45) is 0 Å². The maximum Gasteiger partial charge on any atom is 0.417 e. The summed E-state index contributed by atoms with van der Waals surface area (Å²) in [6.45, 7) is 2.06. The van der Waals surface area contributed by atoms with Gasteiger partial charge in [0.25, 0.3) is 0 Å². The SMILES string of the molecule is CCNC(=O)NC(=O)CSc1nnc2ccc(C(F)(F)F)cn12. The number of amides is 3. The van der Waals surface area contributed by atoms with Crippen molar-refractivity contribution in [1.29, 1.82) is 0 Å². The number of nitrogens with one attached hydrogen (secondary N) is 2. The molecule has 2 aromatic rings. The first-order valence-corrected chi connectivity index (χ1v) is 7.42. The molecule has 0 fully saturated rings. The lowest BCUT2D eigenvalue weighted by Gasteiger charge is -2.07. The predicted octanol–water partition coefficient (Wildman–Crippen LogP) is 1.69. The highest BCUT2D eigenvalue weighted by Gasteiger charge is 2.31. The predicted molar refractivity (Wildman–Crippen MR) is 75.9 cm³/mol. The van der Waals surface area contributed by atoms with Gasteiger partial charge in [0.1, 0.15) is 0 Å². The second kappa shape index (κ2) is 6.86. The molecule has 2 N–H and O–H groups in total. The van der Waals surface area contributed by atoms with Crippen LogP contribution in [0, 0.1) is 0 Å². The number of pyridine rings is 1. The van der Waals surface area contributed by atoms with Crippen molar-refractivity contribution in [2.45, 2.75) is 18.3 Å². The van der Waals surface area contributed by atoms with Gasteiger partial charge >= 0.3 is 12.2 Å². The second-order valence-corrected chi connectivity index (χ2v) is 5.27. The van der Waals surface area contributed by atoms with Gasteiger partial charge in [0.2, 0.25) is 5.91 Å². The molecule has 0 spiro atoms. The molecule has 0 unspecified atom stereocenters. The number of hydrogen-bond acceptors (Lipinski definition) is 5. The van der Waals surface area contributed by atoms with E-state index in [1.807, 2.05) is 0 Å². The maximum absolute atomic E-state index is 12.7.